The summed E-state index contributed by atoms with van der Waals surface area (Å²) >= 11 is 0. The van der Waals surface area contributed by atoms with E-state index in [1.165, 1.54) is 0 Å². The number of unbranched alkanes of at least 4 members (excludes halogenated alkanes) is 1. The van der Waals surface area contributed by atoms with Crippen LogP contribution in [0.3, 0.4) is 0 Å². The molecule has 1 rings (SSSR count). The highest BCUT2D eigenvalue weighted by atomic mass is 16.5. The molecule has 2 N–H and O–H groups in total. The molecule has 0 aliphatic carbocycles. The number of rotatable bonds is 10. The molecule has 0 spiro atoms. The summed E-state index contributed by atoms with van der Waals surface area (Å²) in [5, 5.41) is 0. The molecule has 0 aliphatic heterocycles. The second-order valence-electron chi connectivity index (χ2n) is 5.10. The highest BCUT2D eigenvalue weighted by Crippen LogP contribution is 2.28. The van der Waals surface area contributed by atoms with Crippen LogP contribution in [0.15, 0.2) is 18.2 Å². The van der Waals surface area contributed by atoms with Crippen molar-refractivity contribution in [2.45, 2.75) is 53.2 Å². The predicted molar refractivity (Wildman–Crippen MR) is 88.9 cm³/mol. The van der Waals surface area contributed by atoms with Crippen molar-refractivity contribution < 1.29 is 9.47 Å². The summed E-state index contributed by atoms with van der Waals surface area (Å²) in [5.74, 6) is 1.53. The Kier molecular flexibility index (Phi) is 7.98. The Hall–Kier alpha value is -1.42. The molecule has 0 radical (unpaired) electrons. The Balaban J connectivity index is 2.75. The number of hydrogen-bond acceptors (Lipinski definition) is 4. The first-order chi connectivity index (χ1) is 10.2. The Morgan fingerprint density at radius 3 is 2.43 bits per heavy atom. The van der Waals surface area contributed by atoms with Crippen LogP contribution in [0.1, 0.15) is 47.0 Å². The van der Waals surface area contributed by atoms with Crippen LogP contribution < -0.4 is 15.2 Å². The zero-order valence-electron chi connectivity index (χ0n) is 13.9. The summed E-state index contributed by atoms with van der Waals surface area (Å²) in [4.78, 5) is 2.30. The van der Waals surface area contributed by atoms with Gasteiger partial charge in [0.1, 0.15) is 11.5 Å². The van der Waals surface area contributed by atoms with Crippen LogP contribution >= 0.6 is 0 Å². The third-order valence-electron chi connectivity index (χ3n) is 3.58. The summed E-state index contributed by atoms with van der Waals surface area (Å²) in [6, 6.07) is 5.66. The number of nitrogens with two attached hydrogens (primary N) is 1. The number of benzene rings is 1. The van der Waals surface area contributed by atoms with Gasteiger partial charge in [-0.15, -0.1) is 0 Å². The zero-order chi connectivity index (χ0) is 15.7. The molecule has 1 atom stereocenters. The lowest BCUT2D eigenvalue weighted by Gasteiger charge is -2.29. The maximum Gasteiger partial charge on any atom is 0.152 e. The van der Waals surface area contributed by atoms with Crippen LogP contribution in [-0.2, 0) is 0 Å². The molecule has 0 saturated carbocycles. The fraction of sp³-hybridized carbons (Fsp3) is 0.647. The first-order valence-corrected chi connectivity index (χ1v) is 8.09. The van der Waals surface area contributed by atoms with Gasteiger partial charge >= 0.3 is 0 Å². The quantitative estimate of drug-likeness (QED) is 0.404. The largest absolute Gasteiger partial charge is 0.491 e. The van der Waals surface area contributed by atoms with E-state index in [1.54, 1.807) is 0 Å². The monoisotopic (exact) mass is 294 g/mol. The molecule has 0 aromatic heterocycles. The van der Waals surface area contributed by atoms with Crippen molar-refractivity contribution in [3.8, 4) is 11.5 Å². The highest BCUT2D eigenvalue weighted by molar-refractivity contribution is 5.55. The molecule has 0 fully saturated rings. The maximum atomic E-state index is 6.10. The van der Waals surface area contributed by atoms with Gasteiger partial charge in [0.25, 0.3) is 0 Å². The first kappa shape index (κ1) is 17.6. The molecule has 0 saturated heterocycles. The summed E-state index contributed by atoms with van der Waals surface area (Å²) in [6.45, 7) is 11.2. The van der Waals surface area contributed by atoms with E-state index in [1.807, 2.05) is 18.2 Å². The van der Waals surface area contributed by atoms with E-state index >= 15 is 0 Å². The minimum absolute atomic E-state index is 0.0899. The molecule has 0 heterocycles. The van der Waals surface area contributed by atoms with Gasteiger partial charge in [-0.2, -0.15) is 0 Å². The van der Waals surface area contributed by atoms with Crippen molar-refractivity contribution in [1.29, 1.82) is 0 Å². The lowest BCUT2D eigenvalue weighted by molar-refractivity contribution is 0.0297. The molecule has 1 aromatic carbocycles. The van der Waals surface area contributed by atoms with Crippen LogP contribution in [-0.4, -0.2) is 30.8 Å². The lowest BCUT2D eigenvalue weighted by atomic mass is 10.2. The van der Waals surface area contributed by atoms with E-state index in [4.69, 9.17) is 15.2 Å². The van der Waals surface area contributed by atoms with Gasteiger partial charge in [-0.1, -0.05) is 34.1 Å². The molecular weight excluding hydrogens is 264 g/mol. The molecule has 0 amide bonds. The summed E-state index contributed by atoms with van der Waals surface area (Å²) < 4.78 is 11.8. The third-order valence-corrected chi connectivity index (χ3v) is 3.58. The fourth-order valence-corrected chi connectivity index (χ4v) is 2.24. The Morgan fingerprint density at radius 1 is 1.14 bits per heavy atom. The van der Waals surface area contributed by atoms with Crippen LogP contribution in [0, 0.1) is 0 Å². The molecule has 0 bridgehead atoms. The van der Waals surface area contributed by atoms with Gasteiger partial charge in [-0.25, -0.2) is 0 Å². The van der Waals surface area contributed by atoms with Gasteiger partial charge < -0.3 is 15.2 Å². The molecule has 0 aliphatic rings. The second-order valence-corrected chi connectivity index (χ2v) is 5.10. The molecular formula is C17H30N2O2. The van der Waals surface area contributed by atoms with Gasteiger partial charge in [0.15, 0.2) is 6.23 Å². The predicted octanol–water partition coefficient (Wildman–Crippen LogP) is 3.90. The van der Waals surface area contributed by atoms with Crippen molar-refractivity contribution in [3.05, 3.63) is 18.2 Å². The minimum Gasteiger partial charge on any atom is -0.491 e. The zero-order valence-corrected chi connectivity index (χ0v) is 13.9. The molecule has 4 nitrogen and oxygen atoms in total. The highest BCUT2D eigenvalue weighted by Gasteiger charge is 2.15. The number of anilines is 1. The molecule has 1 unspecified atom stereocenters. The standard InChI is InChI=1S/C17H30N2O2/c1-5-9-12-20-16-13-14(10-11-15(16)18)21-17(6-2)19(7-3)8-4/h10-11,13,17H,5-9,12,18H2,1-4H3. The van der Waals surface area contributed by atoms with Crippen molar-refractivity contribution >= 4 is 5.69 Å². The van der Waals surface area contributed by atoms with Crippen LogP contribution in [0.4, 0.5) is 5.69 Å². The Labute approximate surface area is 129 Å². The smallest absolute Gasteiger partial charge is 0.152 e. The third kappa shape index (κ3) is 5.46. The Bertz CT molecular complexity index is 406. The molecule has 120 valence electrons. The van der Waals surface area contributed by atoms with E-state index in [2.05, 4.69) is 32.6 Å². The normalized spacial score (nSPS) is 12.4. The summed E-state index contributed by atoms with van der Waals surface area (Å²) in [6.07, 6.45) is 3.17. The summed E-state index contributed by atoms with van der Waals surface area (Å²) in [5.41, 5.74) is 6.62. The van der Waals surface area contributed by atoms with Gasteiger partial charge in [0.2, 0.25) is 0 Å². The summed E-state index contributed by atoms with van der Waals surface area (Å²) in [7, 11) is 0. The maximum absolute atomic E-state index is 6.10. The van der Waals surface area contributed by atoms with Crippen LogP contribution in [0.5, 0.6) is 11.5 Å². The number of hydrogen-bond donors (Lipinski definition) is 1. The number of nitrogens with zero attached hydrogens (tertiary/aromatic N) is 1. The fourth-order valence-electron chi connectivity index (χ4n) is 2.24. The van der Waals surface area contributed by atoms with Gasteiger partial charge in [-0.3, -0.25) is 4.90 Å². The van der Waals surface area contributed by atoms with E-state index < -0.39 is 0 Å². The van der Waals surface area contributed by atoms with E-state index in [0.717, 1.165) is 43.9 Å². The van der Waals surface area contributed by atoms with Gasteiger partial charge in [-0.05, 0) is 38.1 Å². The van der Waals surface area contributed by atoms with Crippen LogP contribution in [0.2, 0.25) is 0 Å². The Morgan fingerprint density at radius 2 is 1.86 bits per heavy atom. The molecule has 1 aromatic rings. The SMILES string of the molecule is CCCCOc1cc(OC(CC)N(CC)CC)ccc1N. The van der Waals surface area contributed by atoms with Gasteiger partial charge in [0.05, 0.1) is 12.3 Å². The lowest BCUT2D eigenvalue weighted by Crippen LogP contribution is -2.38. The van der Waals surface area contributed by atoms with Crippen molar-refractivity contribution in [1.82, 2.24) is 4.90 Å². The van der Waals surface area contributed by atoms with Crippen LogP contribution in [0.25, 0.3) is 0 Å². The van der Waals surface area contributed by atoms with Crippen molar-refractivity contribution in [2.75, 3.05) is 25.4 Å². The number of ether oxygens (including phenoxy) is 2. The van der Waals surface area contributed by atoms with E-state index in [0.29, 0.717) is 12.3 Å². The number of nitrogen functional groups attached to an aromatic ring is 1. The minimum atomic E-state index is 0.0899. The van der Waals surface area contributed by atoms with E-state index in [9.17, 15) is 0 Å². The average molecular weight is 294 g/mol. The van der Waals surface area contributed by atoms with Crippen molar-refractivity contribution in [3.63, 3.8) is 0 Å². The topological polar surface area (TPSA) is 47.7 Å². The molecule has 21 heavy (non-hydrogen) atoms. The first-order valence-electron chi connectivity index (χ1n) is 8.09. The van der Waals surface area contributed by atoms with E-state index in [-0.39, 0.29) is 6.23 Å². The van der Waals surface area contributed by atoms with Gasteiger partial charge in [0, 0.05) is 6.07 Å². The van der Waals surface area contributed by atoms with Crippen molar-refractivity contribution in [2.24, 2.45) is 0 Å². The average Bonchev–Trinajstić information content (AvgIpc) is 2.50. The second kappa shape index (κ2) is 9.50. The molecule has 4 heteroatoms.